The molecule has 1 saturated carbocycles. The SMILES string of the molecule is CC1(C)CCCCC1C(=O)c1ccc(Cl)c(Cl)c1. The van der Waals surface area contributed by atoms with Gasteiger partial charge in [-0.05, 0) is 36.5 Å². The van der Waals surface area contributed by atoms with Crippen molar-refractivity contribution in [2.45, 2.75) is 39.5 Å². The molecule has 0 N–H and O–H groups in total. The number of rotatable bonds is 2. The minimum atomic E-state index is 0.0848. The lowest BCUT2D eigenvalue weighted by molar-refractivity contribution is 0.0697. The van der Waals surface area contributed by atoms with Gasteiger partial charge in [0.25, 0.3) is 0 Å². The molecule has 1 atom stereocenters. The fourth-order valence-electron chi connectivity index (χ4n) is 2.83. The van der Waals surface area contributed by atoms with Crippen LogP contribution in [0.1, 0.15) is 49.9 Å². The molecule has 1 nitrogen and oxygen atoms in total. The number of carbonyl (C=O) groups excluding carboxylic acids is 1. The third-order valence-electron chi connectivity index (χ3n) is 4.03. The lowest BCUT2D eigenvalue weighted by atomic mass is 9.66. The van der Waals surface area contributed by atoms with Gasteiger partial charge in [-0.25, -0.2) is 0 Å². The Balaban J connectivity index is 2.27. The molecule has 0 aromatic heterocycles. The molecule has 98 valence electrons. The second-order valence-corrected chi connectivity index (χ2v) is 6.59. The number of benzene rings is 1. The molecule has 0 heterocycles. The van der Waals surface area contributed by atoms with E-state index in [4.69, 9.17) is 23.2 Å². The standard InChI is InChI=1S/C15H18Cl2O/c1-15(2)8-4-3-5-11(15)14(18)10-6-7-12(16)13(17)9-10/h6-7,9,11H,3-5,8H2,1-2H3. The van der Waals surface area contributed by atoms with Crippen molar-refractivity contribution in [2.24, 2.45) is 11.3 Å². The summed E-state index contributed by atoms with van der Waals surface area (Å²) in [6.07, 6.45) is 4.45. The first-order chi connectivity index (χ1) is 8.42. The van der Waals surface area contributed by atoms with E-state index in [9.17, 15) is 4.79 Å². The molecule has 0 saturated heterocycles. The molecule has 1 aromatic carbocycles. The van der Waals surface area contributed by atoms with E-state index in [1.165, 1.54) is 6.42 Å². The first-order valence-corrected chi connectivity index (χ1v) is 7.17. The van der Waals surface area contributed by atoms with Gasteiger partial charge >= 0.3 is 0 Å². The summed E-state index contributed by atoms with van der Waals surface area (Å²) in [5, 5.41) is 0.951. The van der Waals surface area contributed by atoms with Crippen LogP contribution in [0.15, 0.2) is 18.2 Å². The summed E-state index contributed by atoms with van der Waals surface area (Å²) in [4.78, 5) is 12.6. The number of hydrogen-bond acceptors (Lipinski definition) is 1. The van der Waals surface area contributed by atoms with Crippen molar-refractivity contribution in [3.05, 3.63) is 33.8 Å². The third-order valence-corrected chi connectivity index (χ3v) is 4.77. The van der Waals surface area contributed by atoms with Gasteiger partial charge in [-0.3, -0.25) is 4.79 Å². The van der Waals surface area contributed by atoms with Crippen molar-refractivity contribution in [1.29, 1.82) is 0 Å². The summed E-state index contributed by atoms with van der Waals surface area (Å²) in [7, 11) is 0. The van der Waals surface area contributed by atoms with Crippen molar-refractivity contribution < 1.29 is 4.79 Å². The average molecular weight is 285 g/mol. The molecular weight excluding hydrogens is 267 g/mol. The van der Waals surface area contributed by atoms with Gasteiger partial charge in [-0.15, -0.1) is 0 Å². The molecule has 18 heavy (non-hydrogen) atoms. The summed E-state index contributed by atoms with van der Waals surface area (Å²) >= 11 is 11.9. The molecule has 0 bridgehead atoms. The summed E-state index contributed by atoms with van der Waals surface area (Å²) in [5.74, 6) is 0.307. The predicted molar refractivity (Wildman–Crippen MR) is 76.5 cm³/mol. The molecule has 0 amide bonds. The highest BCUT2D eigenvalue weighted by molar-refractivity contribution is 6.42. The van der Waals surface area contributed by atoms with Gasteiger partial charge in [0.2, 0.25) is 0 Å². The van der Waals surface area contributed by atoms with E-state index in [1.54, 1.807) is 18.2 Å². The highest BCUT2D eigenvalue weighted by Gasteiger charge is 2.37. The maximum Gasteiger partial charge on any atom is 0.166 e. The first-order valence-electron chi connectivity index (χ1n) is 6.41. The van der Waals surface area contributed by atoms with Crippen LogP contribution < -0.4 is 0 Å². The summed E-state index contributed by atoms with van der Waals surface area (Å²) in [6, 6.07) is 5.17. The van der Waals surface area contributed by atoms with E-state index in [1.807, 2.05) is 0 Å². The number of carbonyl (C=O) groups is 1. The van der Waals surface area contributed by atoms with Crippen molar-refractivity contribution in [3.63, 3.8) is 0 Å². The Labute approximate surface area is 118 Å². The molecule has 0 radical (unpaired) electrons. The topological polar surface area (TPSA) is 17.1 Å². The van der Waals surface area contributed by atoms with Crippen molar-refractivity contribution in [1.82, 2.24) is 0 Å². The number of halogens is 2. The van der Waals surface area contributed by atoms with E-state index in [2.05, 4.69) is 13.8 Å². The Kier molecular flexibility index (Phi) is 4.03. The van der Waals surface area contributed by atoms with Crippen molar-refractivity contribution in [3.8, 4) is 0 Å². The number of ketones is 1. The first kappa shape index (κ1) is 13.9. The van der Waals surface area contributed by atoms with Gasteiger partial charge in [0, 0.05) is 11.5 Å². The van der Waals surface area contributed by atoms with Crippen molar-refractivity contribution in [2.75, 3.05) is 0 Å². The van der Waals surface area contributed by atoms with Gasteiger partial charge in [0.15, 0.2) is 5.78 Å². The van der Waals surface area contributed by atoms with Crippen LogP contribution in [0.3, 0.4) is 0 Å². The van der Waals surface area contributed by atoms with Gasteiger partial charge < -0.3 is 0 Å². The number of Topliss-reactive ketones (excluding diaryl/α,β-unsaturated/α-hetero) is 1. The highest BCUT2D eigenvalue weighted by atomic mass is 35.5. The Morgan fingerprint density at radius 1 is 1.22 bits per heavy atom. The zero-order valence-electron chi connectivity index (χ0n) is 10.8. The summed E-state index contributed by atoms with van der Waals surface area (Å²) in [6.45, 7) is 4.37. The molecule has 1 aliphatic carbocycles. The third kappa shape index (κ3) is 2.73. The van der Waals surface area contributed by atoms with Crippen LogP contribution in [0.5, 0.6) is 0 Å². The smallest absolute Gasteiger partial charge is 0.166 e. The van der Waals surface area contributed by atoms with Crippen molar-refractivity contribution >= 4 is 29.0 Å². The minimum absolute atomic E-state index is 0.0848. The molecular formula is C15H18Cl2O. The van der Waals surface area contributed by atoms with Crippen LogP contribution in [-0.2, 0) is 0 Å². The van der Waals surface area contributed by atoms with Gasteiger partial charge in [-0.1, -0.05) is 49.9 Å². The summed E-state index contributed by atoms with van der Waals surface area (Å²) in [5.41, 5.74) is 0.769. The monoisotopic (exact) mass is 284 g/mol. The maximum absolute atomic E-state index is 12.6. The van der Waals surface area contributed by atoms with Gasteiger partial charge in [-0.2, -0.15) is 0 Å². The van der Waals surface area contributed by atoms with E-state index in [0.717, 1.165) is 19.3 Å². The number of hydrogen-bond donors (Lipinski definition) is 0. The van der Waals surface area contributed by atoms with E-state index < -0.39 is 0 Å². The molecule has 1 fully saturated rings. The molecule has 2 rings (SSSR count). The minimum Gasteiger partial charge on any atom is -0.294 e. The van der Waals surface area contributed by atoms with Gasteiger partial charge in [0.1, 0.15) is 0 Å². The van der Waals surface area contributed by atoms with Gasteiger partial charge in [0.05, 0.1) is 10.0 Å². The highest BCUT2D eigenvalue weighted by Crippen LogP contribution is 2.42. The summed E-state index contributed by atoms with van der Waals surface area (Å²) < 4.78 is 0. The second-order valence-electron chi connectivity index (χ2n) is 5.78. The molecule has 1 aliphatic rings. The Morgan fingerprint density at radius 2 is 1.94 bits per heavy atom. The fourth-order valence-corrected chi connectivity index (χ4v) is 3.13. The zero-order valence-corrected chi connectivity index (χ0v) is 12.3. The lowest BCUT2D eigenvalue weighted by Crippen LogP contribution is -2.34. The van der Waals surface area contributed by atoms with Crippen LogP contribution in [0.4, 0.5) is 0 Å². The Morgan fingerprint density at radius 3 is 2.56 bits per heavy atom. The molecule has 0 spiro atoms. The molecule has 3 heteroatoms. The van der Waals surface area contributed by atoms with Crippen LogP contribution in [0.2, 0.25) is 10.0 Å². The molecule has 1 aromatic rings. The van der Waals surface area contributed by atoms with E-state index in [0.29, 0.717) is 15.6 Å². The molecule has 0 aliphatic heterocycles. The normalized spacial score (nSPS) is 22.8. The predicted octanol–water partition coefficient (Wildman–Crippen LogP) is 5.39. The van der Waals surface area contributed by atoms with E-state index >= 15 is 0 Å². The zero-order chi connectivity index (χ0) is 13.3. The Bertz CT molecular complexity index is 466. The lowest BCUT2D eigenvalue weighted by Gasteiger charge is -2.37. The molecule has 1 unspecified atom stereocenters. The quantitative estimate of drug-likeness (QED) is 0.665. The largest absolute Gasteiger partial charge is 0.294 e. The van der Waals surface area contributed by atoms with E-state index in [-0.39, 0.29) is 17.1 Å². The van der Waals surface area contributed by atoms with Crippen LogP contribution in [0, 0.1) is 11.3 Å². The Hall–Kier alpha value is -0.530. The average Bonchev–Trinajstić information content (AvgIpc) is 2.31. The maximum atomic E-state index is 12.6. The van der Waals surface area contributed by atoms with Crippen LogP contribution in [0.25, 0.3) is 0 Å². The van der Waals surface area contributed by atoms with Crippen LogP contribution in [-0.4, -0.2) is 5.78 Å². The van der Waals surface area contributed by atoms with Crippen LogP contribution >= 0.6 is 23.2 Å². The fraction of sp³-hybridized carbons (Fsp3) is 0.533. The second kappa shape index (κ2) is 5.22.